The summed E-state index contributed by atoms with van der Waals surface area (Å²) in [4.78, 5) is 0.398. The number of rotatable bonds is 5. The molecule has 0 spiro atoms. The fraction of sp³-hybridized carbons (Fsp3) is 0.438. The average molecular weight is 399 g/mol. The SMILES string of the molecule is CCn1ncc(S(=O)(=O)N2CCN(S(=O)(=O)c3ccccc3)CC2)c1C. The van der Waals surface area contributed by atoms with Crippen molar-refractivity contribution in [3.05, 3.63) is 42.2 Å². The molecule has 1 fully saturated rings. The van der Waals surface area contributed by atoms with E-state index in [1.807, 2.05) is 6.92 Å². The molecule has 8 nitrogen and oxygen atoms in total. The number of benzene rings is 1. The first-order valence-corrected chi connectivity index (χ1v) is 11.2. The van der Waals surface area contributed by atoms with Crippen LogP contribution in [0.25, 0.3) is 0 Å². The third kappa shape index (κ3) is 3.29. The number of aromatic nitrogens is 2. The lowest BCUT2D eigenvalue weighted by Gasteiger charge is -2.33. The van der Waals surface area contributed by atoms with Gasteiger partial charge < -0.3 is 0 Å². The minimum absolute atomic E-state index is 0.116. The minimum Gasteiger partial charge on any atom is -0.269 e. The quantitative estimate of drug-likeness (QED) is 0.746. The van der Waals surface area contributed by atoms with Crippen LogP contribution in [0.4, 0.5) is 0 Å². The number of hydrogen-bond acceptors (Lipinski definition) is 5. The summed E-state index contributed by atoms with van der Waals surface area (Å²) in [6.45, 7) is 4.68. The van der Waals surface area contributed by atoms with Crippen LogP contribution in [-0.4, -0.2) is 61.4 Å². The van der Waals surface area contributed by atoms with Gasteiger partial charge in [-0.3, -0.25) is 4.68 Å². The van der Waals surface area contributed by atoms with Gasteiger partial charge in [0.15, 0.2) is 0 Å². The molecule has 0 unspecified atom stereocenters. The predicted molar refractivity (Wildman–Crippen MR) is 96.6 cm³/mol. The molecule has 1 saturated heterocycles. The van der Waals surface area contributed by atoms with E-state index in [-0.39, 0.29) is 36.0 Å². The number of nitrogens with zero attached hydrogens (tertiary/aromatic N) is 4. The van der Waals surface area contributed by atoms with Crippen molar-refractivity contribution in [2.45, 2.75) is 30.2 Å². The van der Waals surface area contributed by atoms with Crippen molar-refractivity contribution < 1.29 is 16.8 Å². The van der Waals surface area contributed by atoms with Crippen LogP contribution >= 0.6 is 0 Å². The highest BCUT2D eigenvalue weighted by Crippen LogP contribution is 2.23. The van der Waals surface area contributed by atoms with Crippen LogP contribution in [0.2, 0.25) is 0 Å². The Morgan fingerprint density at radius 1 is 0.923 bits per heavy atom. The van der Waals surface area contributed by atoms with E-state index >= 15 is 0 Å². The largest absolute Gasteiger partial charge is 0.269 e. The van der Waals surface area contributed by atoms with Gasteiger partial charge in [-0.15, -0.1) is 0 Å². The molecule has 0 aliphatic carbocycles. The number of aryl methyl sites for hydroxylation is 1. The second kappa shape index (κ2) is 7.10. The van der Waals surface area contributed by atoms with E-state index in [0.29, 0.717) is 12.2 Å². The van der Waals surface area contributed by atoms with Crippen LogP contribution in [0.1, 0.15) is 12.6 Å². The number of sulfonamides is 2. The molecule has 0 amide bonds. The molecule has 1 aliphatic heterocycles. The van der Waals surface area contributed by atoms with Gasteiger partial charge in [-0.25, -0.2) is 16.8 Å². The van der Waals surface area contributed by atoms with E-state index in [1.54, 1.807) is 41.9 Å². The van der Waals surface area contributed by atoms with Crippen molar-refractivity contribution in [2.24, 2.45) is 0 Å². The Bertz CT molecular complexity index is 977. The lowest BCUT2D eigenvalue weighted by atomic mass is 10.4. The summed E-state index contributed by atoms with van der Waals surface area (Å²) >= 11 is 0. The normalized spacial score (nSPS) is 17.5. The summed E-state index contributed by atoms with van der Waals surface area (Å²) in [6, 6.07) is 8.17. The number of hydrogen-bond donors (Lipinski definition) is 0. The monoisotopic (exact) mass is 398 g/mol. The van der Waals surface area contributed by atoms with Crippen molar-refractivity contribution in [1.29, 1.82) is 0 Å². The topological polar surface area (TPSA) is 92.6 Å². The van der Waals surface area contributed by atoms with Crippen molar-refractivity contribution in [1.82, 2.24) is 18.4 Å². The minimum atomic E-state index is -3.69. The molecule has 1 aromatic heterocycles. The third-order valence-corrected chi connectivity index (χ3v) is 8.47. The molecule has 0 N–H and O–H groups in total. The summed E-state index contributed by atoms with van der Waals surface area (Å²) in [6.07, 6.45) is 1.36. The van der Waals surface area contributed by atoms with Crippen molar-refractivity contribution in [3.63, 3.8) is 0 Å². The number of piperazine rings is 1. The maximum absolute atomic E-state index is 12.9. The lowest BCUT2D eigenvalue weighted by molar-refractivity contribution is 0.272. The van der Waals surface area contributed by atoms with Gasteiger partial charge in [0, 0.05) is 32.7 Å². The van der Waals surface area contributed by atoms with Gasteiger partial charge in [0.2, 0.25) is 20.0 Å². The van der Waals surface area contributed by atoms with E-state index < -0.39 is 20.0 Å². The average Bonchev–Trinajstić information content (AvgIpc) is 3.04. The van der Waals surface area contributed by atoms with Crippen molar-refractivity contribution >= 4 is 20.0 Å². The Kier molecular flexibility index (Phi) is 5.20. The summed E-state index contributed by atoms with van der Waals surface area (Å²) in [5.74, 6) is 0. The molecular formula is C16H22N4O4S2. The molecule has 0 saturated carbocycles. The molecule has 142 valence electrons. The molecule has 10 heteroatoms. The first-order chi connectivity index (χ1) is 12.3. The summed E-state index contributed by atoms with van der Waals surface area (Å²) in [5.41, 5.74) is 0.590. The Morgan fingerprint density at radius 2 is 1.46 bits per heavy atom. The van der Waals surface area contributed by atoms with Gasteiger partial charge in [-0.2, -0.15) is 13.7 Å². The standard InChI is InChI=1S/C16H22N4O4S2/c1-3-20-14(2)16(13-17-20)26(23,24)19-11-9-18(10-12-19)25(21,22)15-7-5-4-6-8-15/h4-8,13H,3,9-12H2,1-2H3. The lowest BCUT2D eigenvalue weighted by Crippen LogP contribution is -2.50. The van der Waals surface area contributed by atoms with Crippen LogP contribution < -0.4 is 0 Å². The molecule has 2 heterocycles. The summed E-state index contributed by atoms with van der Waals surface area (Å²) in [5, 5.41) is 4.09. The summed E-state index contributed by atoms with van der Waals surface area (Å²) < 4.78 is 55.3. The Labute approximate surface area is 154 Å². The van der Waals surface area contributed by atoms with Crippen molar-refractivity contribution in [2.75, 3.05) is 26.2 Å². The van der Waals surface area contributed by atoms with E-state index in [4.69, 9.17) is 0 Å². The highest BCUT2D eigenvalue weighted by atomic mass is 32.2. The van der Waals surface area contributed by atoms with Crippen LogP contribution in [0, 0.1) is 6.92 Å². The Balaban J connectivity index is 1.77. The zero-order chi connectivity index (χ0) is 18.9. The highest BCUT2D eigenvalue weighted by molar-refractivity contribution is 7.89. The Morgan fingerprint density at radius 3 is 1.96 bits per heavy atom. The van der Waals surface area contributed by atoms with E-state index in [0.717, 1.165) is 0 Å². The van der Waals surface area contributed by atoms with Crippen LogP contribution in [0.15, 0.2) is 46.3 Å². The van der Waals surface area contributed by atoms with Crippen LogP contribution in [-0.2, 0) is 26.6 Å². The molecule has 0 radical (unpaired) electrons. The van der Waals surface area contributed by atoms with Crippen LogP contribution in [0.3, 0.4) is 0 Å². The molecule has 1 aromatic carbocycles. The fourth-order valence-corrected chi connectivity index (χ4v) is 6.06. The molecule has 3 rings (SSSR count). The van der Waals surface area contributed by atoms with E-state index in [1.165, 1.54) is 14.8 Å². The molecular weight excluding hydrogens is 376 g/mol. The first-order valence-electron chi connectivity index (χ1n) is 8.36. The predicted octanol–water partition coefficient (Wildman–Crippen LogP) is 0.907. The van der Waals surface area contributed by atoms with E-state index in [2.05, 4.69) is 5.10 Å². The van der Waals surface area contributed by atoms with E-state index in [9.17, 15) is 16.8 Å². The van der Waals surface area contributed by atoms with Crippen molar-refractivity contribution in [3.8, 4) is 0 Å². The van der Waals surface area contributed by atoms with Gasteiger partial charge in [0.25, 0.3) is 0 Å². The fourth-order valence-electron chi connectivity index (χ4n) is 3.03. The van der Waals surface area contributed by atoms with Crippen LogP contribution in [0.5, 0.6) is 0 Å². The molecule has 26 heavy (non-hydrogen) atoms. The zero-order valence-electron chi connectivity index (χ0n) is 14.7. The molecule has 0 bridgehead atoms. The zero-order valence-corrected chi connectivity index (χ0v) is 16.4. The highest BCUT2D eigenvalue weighted by Gasteiger charge is 2.35. The van der Waals surface area contributed by atoms with Gasteiger partial charge in [0.1, 0.15) is 4.90 Å². The summed E-state index contributed by atoms with van der Waals surface area (Å²) in [7, 11) is -7.30. The maximum Gasteiger partial charge on any atom is 0.246 e. The molecule has 0 atom stereocenters. The second-order valence-electron chi connectivity index (χ2n) is 6.03. The van der Waals surface area contributed by atoms with Gasteiger partial charge >= 0.3 is 0 Å². The Hall–Kier alpha value is -1.75. The third-order valence-electron chi connectivity index (χ3n) is 4.55. The first kappa shape index (κ1) is 19.0. The van der Waals surface area contributed by atoms with Gasteiger partial charge in [-0.05, 0) is 26.0 Å². The smallest absolute Gasteiger partial charge is 0.246 e. The van der Waals surface area contributed by atoms with Gasteiger partial charge in [-0.1, -0.05) is 18.2 Å². The molecule has 1 aliphatic rings. The van der Waals surface area contributed by atoms with Gasteiger partial charge in [0.05, 0.1) is 16.8 Å². The maximum atomic E-state index is 12.9. The molecule has 2 aromatic rings. The second-order valence-corrected chi connectivity index (χ2v) is 9.88.